The van der Waals surface area contributed by atoms with Crippen molar-refractivity contribution in [3.63, 3.8) is 0 Å². The summed E-state index contributed by atoms with van der Waals surface area (Å²) in [5.41, 5.74) is 7.78. The molecular formula is C16H12ClN3O2. The number of benzodiazepines with no additional fused rings is 1. The fourth-order valence-electron chi connectivity index (χ4n) is 2.41. The number of amides is 3. The average Bonchev–Trinajstić information content (AvgIpc) is 2.64. The standard InChI is InChI=1S/C16H12ClN3O2/c17-11-6-7-13-12(8-11)15(10-4-2-1-3-5-10)19-9-14(21)20(13)16(18)22/h1-8H,9H2,(H2,18,22). The number of urea groups is 1. The van der Waals surface area contributed by atoms with Crippen molar-refractivity contribution in [2.24, 2.45) is 10.7 Å². The first-order valence-corrected chi connectivity index (χ1v) is 6.98. The Morgan fingerprint density at radius 3 is 2.59 bits per heavy atom. The quantitative estimate of drug-likeness (QED) is 0.878. The SMILES string of the molecule is NC(=O)N1C(=O)CN=C(c2ccccc2)c2cc(Cl)ccc21. The smallest absolute Gasteiger partial charge is 0.326 e. The van der Waals surface area contributed by atoms with Crippen LogP contribution in [0.2, 0.25) is 5.02 Å². The monoisotopic (exact) mass is 313 g/mol. The predicted octanol–water partition coefficient (Wildman–Crippen LogP) is 2.60. The fourth-order valence-corrected chi connectivity index (χ4v) is 2.59. The van der Waals surface area contributed by atoms with Crippen LogP contribution < -0.4 is 10.6 Å². The fraction of sp³-hybridized carbons (Fsp3) is 0.0625. The molecule has 22 heavy (non-hydrogen) atoms. The summed E-state index contributed by atoms with van der Waals surface area (Å²) in [6, 6.07) is 13.5. The number of hydrogen-bond donors (Lipinski definition) is 1. The van der Waals surface area contributed by atoms with Crippen molar-refractivity contribution in [2.45, 2.75) is 0 Å². The molecule has 0 bridgehead atoms. The number of nitrogens with two attached hydrogens (primary N) is 1. The molecule has 2 N–H and O–H groups in total. The van der Waals surface area contributed by atoms with Crippen molar-refractivity contribution in [3.05, 3.63) is 64.7 Å². The van der Waals surface area contributed by atoms with Crippen LogP contribution in [0.1, 0.15) is 11.1 Å². The Kier molecular flexibility index (Phi) is 3.65. The van der Waals surface area contributed by atoms with E-state index < -0.39 is 11.9 Å². The highest BCUT2D eigenvalue weighted by Crippen LogP contribution is 2.29. The van der Waals surface area contributed by atoms with E-state index in [0.717, 1.165) is 10.5 Å². The molecule has 1 aliphatic heterocycles. The van der Waals surface area contributed by atoms with E-state index in [1.165, 1.54) is 0 Å². The average molecular weight is 314 g/mol. The van der Waals surface area contributed by atoms with Gasteiger partial charge in [0, 0.05) is 16.1 Å². The zero-order valence-electron chi connectivity index (χ0n) is 11.5. The highest BCUT2D eigenvalue weighted by atomic mass is 35.5. The van der Waals surface area contributed by atoms with Gasteiger partial charge in [-0.15, -0.1) is 0 Å². The van der Waals surface area contributed by atoms with Gasteiger partial charge in [-0.3, -0.25) is 9.79 Å². The number of benzene rings is 2. The normalized spacial score (nSPS) is 14.1. The summed E-state index contributed by atoms with van der Waals surface area (Å²) in [5.74, 6) is -0.470. The summed E-state index contributed by atoms with van der Waals surface area (Å²) in [6.45, 7) is -0.153. The predicted molar refractivity (Wildman–Crippen MR) is 85.5 cm³/mol. The van der Waals surface area contributed by atoms with Gasteiger partial charge in [0.05, 0.1) is 11.4 Å². The number of hydrogen-bond acceptors (Lipinski definition) is 3. The van der Waals surface area contributed by atoms with Gasteiger partial charge in [0.15, 0.2) is 0 Å². The number of nitrogens with zero attached hydrogens (tertiary/aromatic N) is 2. The molecule has 3 amide bonds. The highest BCUT2D eigenvalue weighted by Gasteiger charge is 2.28. The molecule has 0 aliphatic carbocycles. The molecule has 110 valence electrons. The summed E-state index contributed by atoms with van der Waals surface area (Å²) >= 11 is 6.07. The van der Waals surface area contributed by atoms with E-state index in [1.54, 1.807) is 18.2 Å². The van der Waals surface area contributed by atoms with E-state index in [-0.39, 0.29) is 6.54 Å². The number of aliphatic imine (C=N–C) groups is 1. The molecule has 1 heterocycles. The van der Waals surface area contributed by atoms with Crippen LogP contribution in [0.4, 0.5) is 10.5 Å². The molecule has 5 nitrogen and oxygen atoms in total. The highest BCUT2D eigenvalue weighted by molar-refractivity contribution is 6.32. The van der Waals surface area contributed by atoms with Gasteiger partial charge in [-0.1, -0.05) is 41.9 Å². The van der Waals surface area contributed by atoms with E-state index in [2.05, 4.69) is 4.99 Å². The maximum atomic E-state index is 12.2. The number of fused-ring (bicyclic) bond motifs is 1. The molecule has 0 fully saturated rings. The lowest BCUT2D eigenvalue weighted by Crippen LogP contribution is -2.42. The number of halogens is 1. The first kappa shape index (κ1) is 14.3. The molecule has 0 saturated carbocycles. The Labute approximate surface area is 132 Å². The minimum absolute atomic E-state index is 0.153. The number of carbonyl (C=O) groups excluding carboxylic acids is 2. The van der Waals surface area contributed by atoms with Crippen LogP contribution in [0.25, 0.3) is 0 Å². The number of anilines is 1. The van der Waals surface area contributed by atoms with Crippen LogP contribution in [-0.2, 0) is 4.79 Å². The van der Waals surface area contributed by atoms with Gasteiger partial charge in [-0.2, -0.15) is 0 Å². The molecule has 0 atom stereocenters. The van der Waals surface area contributed by atoms with Gasteiger partial charge in [0.25, 0.3) is 5.91 Å². The van der Waals surface area contributed by atoms with E-state index in [1.807, 2.05) is 30.3 Å². The van der Waals surface area contributed by atoms with Gasteiger partial charge in [-0.05, 0) is 18.2 Å². The Morgan fingerprint density at radius 2 is 1.91 bits per heavy atom. The maximum Gasteiger partial charge on any atom is 0.326 e. The molecule has 2 aromatic carbocycles. The van der Waals surface area contributed by atoms with Crippen LogP contribution in [0, 0.1) is 0 Å². The van der Waals surface area contributed by atoms with Crippen molar-refractivity contribution in [2.75, 3.05) is 11.4 Å². The van der Waals surface area contributed by atoms with Gasteiger partial charge >= 0.3 is 6.03 Å². The maximum absolute atomic E-state index is 12.2. The third-order valence-electron chi connectivity index (χ3n) is 3.34. The number of primary amides is 1. The largest absolute Gasteiger partial charge is 0.351 e. The summed E-state index contributed by atoms with van der Waals surface area (Å²) in [5, 5.41) is 0.487. The molecule has 6 heteroatoms. The van der Waals surface area contributed by atoms with Crippen molar-refractivity contribution >= 4 is 34.9 Å². The topological polar surface area (TPSA) is 75.8 Å². The number of imide groups is 1. The molecule has 1 aliphatic rings. The lowest BCUT2D eigenvalue weighted by molar-refractivity contribution is -0.116. The first-order chi connectivity index (χ1) is 10.6. The second-order valence-electron chi connectivity index (χ2n) is 4.76. The molecule has 0 aromatic heterocycles. The van der Waals surface area contributed by atoms with Crippen LogP contribution >= 0.6 is 11.6 Å². The van der Waals surface area contributed by atoms with E-state index in [0.29, 0.717) is 22.0 Å². The Hall–Kier alpha value is -2.66. The third kappa shape index (κ3) is 2.46. The molecular weight excluding hydrogens is 302 g/mol. The van der Waals surface area contributed by atoms with E-state index >= 15 is 0 Å². The van der Waals surface area contributed by atoms with Crippen molar-refractivity contribution in [1.29, 1.82) is 0 Å². The van der Waals surface area contributed by atoms with Gasteiger partial charge in [-0.25, -0.2) is 9.69 Å². The second kappa shape index (κ2) is 5.61. The van der Waals surface area contributed by atoms with Gasteiger partial charge in [0.1, 0.15) is 6.54 Å². The van der Waals surface area contributed by atoms with E-state index in [9.17, 15) is 9.59 Å². The number of carbonyl (C=O) groups is 2. The zero-order valence-corrected chi connectivity index (χ0v) is 12.2. The van der Waals surface area contributed by atoms with Crippen molar-refractivity contribution in [3.8, 4) is 0 Å². The van der Waals surface area contributed by atoms with Crippen molar-refractivity contribution < 1.29 is 9.59 Å². The zero-order chi connectivity index (χ0) is 15.7. The first-order valence-electron chi connectivity index (χ1n) is 6.60. The van der Waals surface area contributed by atoms with Crippen molar-refractivity contribution in [1.82, 2.24) is 0 Å². The van der Waals surface area contributed by atoms with Crippen LogP contribution in [0.15, 0.2) is 53.5 Å². The summed E-state index contributed by atoms with van der Waals surface area (Å²) in [7, 11) is 0. The second-order valence-corrected chi connectivity index (χ2v) is 5.20. The van der Waals surface area contributed by atoms with Crippen LogP contribution in [-0.4, -0.2) is 24.2 Å². The third-order valence-corrected chi connectivity index (χ3v) is 3.58. The van der Waals surface area contributed by atoms with Crippen LogP contribution in [0.3, 0.4) is 0 Å². The number of rotatable bonds is 1. The lowest BCUT2D eigenvalue weighted by Gasteiger charge is -2.19. The molecule has 3 rings (SSSR count). The molecule has 0 spiro atoms. The minimum atomic E-state index is -0.835. The van der Waals surface area contributed by atoms with Gasteiger partial charge in [0.2, 0.25) is 0 Å². The Morgan fingerprint density at radius 1 is 1.18 bits per heavy atom. The molecule has 0 saturated heterocycles. The Bertz CT molecular complexity index is 787. The Balaban J connectivity index is 2.25. The van der Waals surface area contributed by atoms with Crippen LogP contribution in [0.5, 0.6) is 0 Å². The minimum Gasteiger partial charge on any atom is -0.351 e. The summed E-state index contributed by atoms with van der Waals surface area (Å²) in [6.07, 6.45) is 0. The lowest BCUT2D eigenvalue weighted by atomic mass is 10.0. The van der Waals surface area contributed by atoms with E-state index in [4.69, 9.17) is 17.3 Å². The summed E-state index contributed by atoms with van der Waals surface area (Å²) in [4.78, 5) is 29.1. The molecule has 2 aromatic rings. The molecule has 0 radical (unpaired) electrons. The molecule has 0 unspecified atom stereocenters. The summed E-state index contributed by atoms with van der Waals surface area (Å²) < 4.78 is 0. The van der Waals surface area contributed by atoms with Gasteiger partial charge < -0.3 is 5.73 Å².